The average Bonchev–Trinajstić information content (AvgIpc) is 2.92. The molecule has 2 amide bonds. The van der Waals surface area contributed by atoms with Gasteiger partial charge in [-0.2, -0.15) is 0 Å². The van der Waals surface area contributed by atoms with E-state index in [0.717, 1.165) is 0 Å². The Balaban J connectivity index is 1.80. The Labute approximate surface area is 159 Å². The summed E-state index contributed by atoms with van der Waals surface area (Å²) in [7, 11) is -3.98. The Morgan fingerprint density at radius 3 is 2.59 bits per heavy atom. The number of nitrogens with one attached hydrogen (secondary N) is 2. The molecule has 0 unspecified atom stereocenters. The number of halogens is 1. The maximum atomic E-state index is 12.9. The number of benzene rings is 3. The molecule has 3 aromatic carbocycles. The number of amides is 2. The van der Waals surface area contributed by atoms with Crippen LogP contribution in [0.4, 0.5) is 11.4 Å². The van der Waals surface area contributed by atoms with Crippen molar-refractivity contribution in [1.29, 1.82) is 0 Å². The third-order valence-electron chi connectivity index (χ3n) is 4.27. The van der Waals surface area contributed by atoms with E-state index in [2.05, 4.69) is 10.0 Å². The van der Waals surface area contributed by atoms with Gasteiger partial charge in [-0.25, -0.2) is 8.42 Å². The van der Waals surface area contributed by atoms with E-state index < -0.39 is 15.9 Å². The highest BCUT2D eigenvalue weighted by Gasteiger charge is 2.26. The van der Waals surface area contributed by atoms with Gasteiger partial charge in [0, 0.05) is 22.0 Å². The highest BCUT2D eigenvalue weighted by atomic mass is 35.5. The minimum Gasteiger partial charge on any atom is -0.366 e. The van der Waals surface area contributed by atoms with Crippen LogP contribution in [0, 0.1) is 0 Å². The van der Waals surface area contributed by atoms with Crippen LogP contribution in [-0.4, -0.2) is 20.2 Å². The van der Waals surface area contributed by atoms with Gasteiger partial charge >= 0.3 is 0 Å². The van der Waals surface area contributed by atoms with Crippen molar-refractivity contribution in [2.24, 2.45) is 5.73 Å². The predicted molar refractivity (Wildman–Crippen MR) is 103 cm³/mol. The molecular formula is C18H12ClN3O4S. The smallest absolute Gasteiger partial charge is 0.262 e. The topological polar surface area (TPSA) is 118 Å². The number of primary amides is 1. The fraction of sp³-hybridized carbons (Fsp3) is 0. The molecule has 9 heteroatoms. The normalized spacial score (nSPS) is 12.9. The van der Waals surface area contributed by atoms with Crippen molar-refractivity contribution in [2.45, 2.75) is 4.90 Å². The van der Waals surface area contributed by atoms with E-state index in [1.165, 1.54) is 24.3 Å². The molecule has 3 aromatic rings. The second kappa shape index (κ2) is 5.97. The molecule has 4 rings (SSSR count). The lowest BCUT2D eigenvalue weighted by Gasteiger charge is -2.12. The Morgan fingerprint density at radius 2 is 1.89 bits per heavy atom. The molecule has 1 aliphatic rings. The fourth-order valence-electron chi connectivity index (χ4n) is 3.09. The molecule has 1 aliphatic heterocycles. The lowest BCUT2D eigenvalue weighted by molar-refractivity contribution is 0.0998. The number of nitrogens with two attached hydrogens (primary N) is 1. The highest BCUT2D eigenvalue weighted by molar-refractivity contribution is 7.93. The van der Waals surface area contributed by atoms with Crippen molar-refractivity contribution < 1.29 is 18.0 Å². The molecule has 0 spiro atoms. The van der Waals surface area contributed by atoms with Crippen LogP contribution in [0.15, 0.2) is 53.4 Å². The van der Waals surface area contributed by atoms with E-state index in [1.54, 1.807) is 24.3 Å². The summed E-state index contributed by atoms with van der Waals surface area (Å²) in [5.41, 5.74) is 6.46. The quantitative estimate of drug-likeness (QED) is 0.622. The summed E-state index contributed by atoms with van der Waals surface area (Å²) in [5, 5.41) is 3.74. The molecule has 0 bridgehead atoms. The third kappa shape index (κ3) is 2.79. The van der Waals surface area contributed by atoms with Crippen LogP contribution in [0.3, 0.4) is 0 Å². The van der Waals surface area contributed by atoms with Gasteiger partial charge < -0.3 is 11.1 Å². The number of anilines is 2. The average molecular weight is 402 g/mol. The molecule has 0 aromatic heterocycles. The Hall–Kier alpha value is -3.10. The minimum absolute atomic E-state index is 0.0229. The number of carbonyl (C=O) groups is 2. The predicted octanol–water partition coefficient (Wildman–Crippen LogP) is 2.96. The maximum absolute atomic E-state index is 12.9. The third-order valence-corrected chi connectivity index (χ3v) is 6.02. The van der Waals surface area contributed by atoms with Crippen LogP contribution in [-0.2, 0) is 10.0 Å². The summed E-state index contributed by atoms with van der Waals surface area (Å²) in [5.74, 6) is -0.981. The van der Waals surface area contributed by atoms with Gasteiger partial charge in [0.1, 0.15) is 0 Å². The minimum atomic E-state index is -3.98. The van der Waals surface area contributed by atoms with E-state index in [4.69, 9.17) is 17.3 Å². The molecule has 7 nitrogen and oxygen atoms in total. The summed E-state index contributed by atoms with van der Waals surface area (Å²) >= 11 is 5.98. The Morgan fingerprint density at radius 1 is 1.11 bits per heavy atom. The van der Waals surface area contributed by atoms with Gasteiger partial charge in [-0.15, -0.1) is 0 Å². The molecule has 4 N–H and O–H groups in total. The summed E-state index contributed by atoms with van der Waals surface area (Å²) in [4.78, 5) is 23.3. The zero-order chi connectivity index (χ0) is 19.3. The van der Waals surface area contributed by atoms with E-state index in [0.29, 0.717) is 22.0 Å². The number of hydrogen-bond acceptors (Lipinski definition) is 4. The van der Waals surface area contributed by atoms with Crippen molar-refractivity contribution in [3.63, 3.8) is 0 Å². The lowest BCUT2D eigenvalue weighted by Crippen LogP contribution is -2.15. The van der Waals surface area contributed by atoms with Crippen LogP contribution < -0.4 is 15.8 Å². The van der Waals surface area contributed by atoms with Gasteiger partial charge in [-0.05, 0) is 36.4 Å². The number of carbonyl (C=O) groups excluding carboxylic acids is 2. The van der Waals surface area contributed by atoms with E-state index >= 15 is 0 Å². The molecule has 1 heterocycles. The zero-order valence-corrected chi connectivity index (χ0v) is 15.2. The van der Waals surface area contributed by atoms with Crippen LogP contribution >= 0.6 is 11.6 Å². The van der Waals surface area contributed by atoms with Gasteiger partial charge in [0.2, 0.25) is 5.91 Å². The molecular weight excluding hydrogens is 390 g/mol. The Bertz CT molecular complexity index is 1250. The molecule has 0 saturated heterocycles. The first-order chi connectivity index (χ1) is 12.8. The van der Waals surface area contributed by atoms with Crippen LogP contribution in [0.25, 0.3) is 10.8 Å². The van der Waals surface area contributed by atoms with E-state index in [1.807, 2.05) is 0 Å². The van der Waals surface area contributed by atoms with Crippen LogP contribution in [0.1, 0.15) is 20.7 Å². The van der Waals surface area contributed by atoms with Crippen molar-refractivity contribution in [3.05, 3.63) is 64.7 Å². The number of hydrogen-bond donors (Lipinski definition) is 3. The van der Waals surface area contributed by atoms with E-state index in [-0.39, 0.29) is 27.1 Å². The van der Waals surface area contributed by atoms with Gasteiger partial charge in [0.05, 0.1) is 21.2 Å². The first kappa shape index (κ1) is 17.3. The maximum Gasteiger partial charge on any atom is 0.262 e. The lowest BCUT2D eigenvalue weighted by atomic mass is 10.1. The van der Waals surface area contributed by atoms with Gasteiger partial charge in [0.25, 0.3) is 15.9 Å². The van der Waals surface area contributed by atoms with Crippen molar-refractivity contribution >= 4 is 55.6 Å². The van der Waals surface area contributed by atoms with Gasteiger partial charge in [-0.1, -0.05) is 23.7 Å². The van der Waals surface area contributed by atoms with Crippen LogP contribution in [0.2, 0.25) is 5.02 Å². The molecule has 136 valence electrons. The molecule has 0 fully saturated rings. The van der Waals surface area contributed by atoms with Gasteiger partial charge in [0.15, 0.2) is 0 Å². The highest BCUT2D eigenvalue weighted by Crippen LogP contribution is 2.37. The summed E-state index contributed by atoms with van der Waals surface area (Å²) in [6, 6.07) is 11.9. The van der Waals surface area contributed by atoms with Crippen molar-refractivity contribution in [3.8, 4) is 0 Å². The first-order valence-electron chi connectivity index (χ1n) is 7.77. The molecule has 0 aliphatic carbocycles. The molecule has 27 heavy (non-hydrogen) atoms. The summed E-state index contributed by atoms with van der Waals surface area (Å²) in [6.07, 6.45) is 0. The summed E-state index contributed by atoms with van der Waals surface area (Å²) < 4.78 is 28.3. The number of sulfonamides is 1. The van der Waals surface area contributed by atoms with Gasteiger partial charge in [-0.3, -0.25) is 14.3 Å². The SMILES string of the molecule is NC(=O)c1ccc(NS(=O)(=O)c2ccc3c4c(cccc24)C(=O)N3)cc1Cl. The van der Waals surface area contributed by atoms with Crippen LogP contribution in [0.5, 0.6) is 0 Å². The monoisotopic (exact) mass is 401 g/mol. The fourth-order valence-corrected chi connectivity index (χ4v) is 4.61. The van der Waals surface area contributed by atoms with Crippen molar-refractivity contribution in [1.82, 2.24) is 0 Å². The Kier molecular flexibility index (Phi) is 3.83. The largest absolute Gasteiger partial charge is 0.366 e. The summed E-state index contributed by atoms with van der Waals surface area (Å²) in [6.45, 7) is 0. The second-order valence-corrected chi connectivity index (χ2v) is 8.02. The molecule has 0 saturated carbocycles. The van der Waals surface area contributed by atoms with Crippen molar-refractivity contribution in [2.75, 3.05) is 10.0 Å². The first-order valence-corrected chi connectivity index (χ1v) is 9.63. The number of rotatable bonds is 4. The second-order valence-electron chi connectivity index (χ2n) is 5.96. The molecule has 0 atom stereocenters. The zero-order valence-electron chi connectivity index (χ0n) is 13.6. The van der Waals surface area contributed by atoms with E-state index in [9.17, 15) is 18.0 Å². The standard InChI is InChI=1S/C18H12ClN3O4S/c19-13-8-9(4-5-10(13)17(20)23)22-27(25,26)15-7-6-14-16-11(15)2-1-3-12(16)18(24)21-14/h1-8,22H,(H2,20,23)(H,21,24). The molecule has 0 radical (unpaired) electrons.